The van der Waals surface area contributed by atoms with E-state index in [1.54, 1.807) is 18.5 Å². The monoisotopic (exact) mass is 549 g/mol. The number of aryl methyl sites for hydroxylation is 1. The summed E-state index contributed by atoms with van der Waals surface area (Å²) >= 11 is 12.5. The largest absolute Gasteiger partial charge is 0.467 e. The predicted molar refractivity (Wildman–Crippen MR) is 152 cm³/mol. The van der Waals surface area contributed by atoms with Gasteiger partial charge in [-0.1, -0.05) is 17.7 Å². The molecule has 0 saturated carbocycles. The fourth-order valence-electron chi connectivity index (χ4n) is 4.95. The van der Waals surface area contributed by atoms with Gasteiger partial charge >= 0.3 is 0 Å². The number of hydrogen-bond acceptors (Lipinski definition) is 5. The maximum Gasteiger partial charge on any atom is 0.250 e. The van der Waals surface area contributed by atoms with Crippen molar-refractivity contribution in [3.05, 3.63) is 100 Å². The number of methoxy groups -OCH3 is 1. The molecule has 0 radical (unpaired) electrons. The zero-order chi connectivity index (χ0) is 26.8. The SMILES string of the molecule is COCC(=O)Nc1ccc(N2C(=S)N[C@@H](c3ccccn3)[C@H]2c2cc(C)n(Cc3ccco3)c2C)cc1Cl. The molecule has 1 aliphatic rings. The minimum Gasteiger partial charge on any atom is -0.467 e. The predicted octanol–water partition coefficient (Wildman–Crippen LogP) is 5.56. The molecule has 0 unspecified atom stereocenters. The molecule has 1 aromatic carbocycles. The molecule has 2 N–H and O–H groups in total. The van der Waals surface area contributed by atoms with E-state index in [2.05, 4.69) is 45.0 Å². The first-order valence-corrected chi connectivity index (χ1v) is 12.9. The van der Waals surface area contributed by atoms with Gasteiger partial charge in [0, 0.05) is 30.4 Å². The molecule has 1 amide bonds. The van der Waals surface area contributed by atoms with Crippen LogP contribution in [0.25, 0.3) is 0 Å². The molecular weight excluding hydrogens is 522 g/mol. The molecule has 1 fully saturated rings. The second kappa shape index (κ2) is 11.0. The lowest BCUT2D eigenvalue weighted by Gasteiger charge is -2.28. The van der Waals surface area contributed by atoms with Crippen molar-refractivity contribution in [3.8, 4) is 0 Å². The molecule has 0 spiro atoms. The van der Waals surface area contributed by atoms with E-state index in [4.69, 9.17) is 33.0 Å². The first kappa shape index (κ1) is 26.0. The highest BCUT2D eigenvalue weighted by Crippen LogP contribution is 2.44. The van der Waals surface area contributed by atoms with Gasteiger partial charge < -0.3 is 29.3 Å². The number of rotatable bonds is 8. The summed E-state index contributed by atoms with van der Waals surface area (Å²) < 4.78 is 12.8. The van der Waals surface area contributed by atoms with E-state index in [0.29, 0.717) is 22.4 Å². The summed E-state index contributed by atoms with van der Waals surface area (Å²) in [5.74, 6) is 0.604. The Bertz CT molecular complexity index is 1450. The van der Waals surface area contributed by atoms with Crippen LogP contribution in [-0.2, 0) is 16.1 Å². The summed E-state index contributed by atoms with van der Waals surface area (Å²) in [5.41, 5.74) is 5.52. The van der Waals surface area contributed by atoms with E-state index in [1.807, 2.05) is 42.5 Å². The Hall–Kier alpha value is -3.66. The minimum absolute atomic E-state index is 0.0559. The number of thiocarbonyl (C=S) groups is 1. The number of halogens is 1. The van der Waals surface area contributed by atoms with Gasteiger partial charge in [-0.05, 0) is 80.2 Å². The highest BCUT2D eigenvalue weighted by Gasteiger charge is 2.42. The van der Waals surface area contributed by atoms with Crippen LogP contribution in [-0.4, -0.2) is 34.3 Å². The average molecular weight is 550 g/mol. The van der Waals surface area contributed by atoms with Crippen LogP contribution in [0.5, 0.6) is 0 Å². The van der Waals surface area contributed by atoms with Crippen LogP contribution in [0.3, 0.4) is 0 Å². The third-order valence-corrected chi connectivity index (χ3v) is 7.33. The van der Waals surface area contributed by atoms with E-state index in [1.165, 1.54) is 7.11 Å². The number of pyridine rings is 1. The molecule has 0 aliphatic carbocycles. The minimum atomic E-state index is -0.280. The number of amides is 1. The van der Waals surface area contributed by atoms with Crippen LogP contribution in [0.4, 0.5) is 11.4 Å². The van der Waals surface area contributed by atoms with Crippen LogP contribution in [0, 0.1) is 13.8 Å². The average Bonchev–Trinajstić information content (AvgIpc) is 3.61. The van der Waals surface area contributed by atoms with Crippen LogP contribution >= 0.6 is 23.8 Å². The number of anilines is 2. The van der Waals surface area contributed by atoms with Gasteiger partial charge in [0.2, 0.25) is 5.91 Å². The van der Waals surface area contributed by atoms with Gasteiger partial charge in [-0.3, -0.25) is 9.78 Å². The van der Waals surface area contributed by atoms with Gasteiger partial charge in [0.1, 0.15) is 12.4 Å². The lowest BCUT2D eigenvalue weighted by molar-refractivity contribution is -0.119. The summed E-state index contributed by atoms with van der Waals surface area (Å²) in [6, 6.07) is 17.0. The molecule has 10 heteroatoms. The molecule has 2 atom stereocenters. The number of nitrogens with zero attached hydrogens (tertiary/aromatic N) is 3. The van der Waals surface area contributed by atoms with E-state index in [9.17, 15) is 4.79 Å². The zero-order valence-electron chi connectivity index (χ0n) is 21.3. The number of carbonyl (C=O) groups is 1. The van der Waals surface area contributed by atoms with Gasteiger partial charge in [-0.15, -0.1) is 0 Å². The maximum atomic E-state index is 12.0. The Kier molecular flexibility index (Phi) is 7.51. The van der Waals surface area contributed by atoms with Gasteiger partial charge in [0.15, 0.2) is 5.11 Å². The Morgan fingerprint density at radius 3 is 2.74 bits per heavy atom. The fraction of sp³-hybridized carbons (Fsp3) is 0.250. The van der Waals surface area contributed by atoms with Crippen LogP contribution in [0.15, 0.2) is 71.5 Å². The van der Waals surface area contributed by atoms with E-state index in [0.717, 1.165) is 34.1 Å². The van der Waals surface area contributed by atoms with Crippen molar-refractivity contribution >= 4 is 46.2 Å². The number of ether oxygens (including phenoxy) is 1. The highest BCUT2D eigenvalue weighted by molar-refractivity contribution is 7.80. The number of nitrogens with one attached hydrogen (secondary N) is 2. The van der Waals surface area contributed by atoms with Crippen molar-refractivity contribution < 1.29 is 13.9 Å². The smallest absolute Gasteiger partial charge is 0.250 e. The highest BCUT2D eigenvalue weighted by atomic mass is 35.5. The molecule has 5 rings (SSSR count). The third-order valence-electron chi connectivity index (χ3n) is 6.70. The van der Waals surface area contributed by atoms with Crippen molar-refractivity contribution in [2.45, 2.75) is 32.5 Å². The topological polar surface area (TPSA) is 84.6 Å². The molecule has 8 nitrogen and oxygen atoms in total. The number of hydrogen-bond donors (Lipinski definition) is 2. The first-order chi connectivity index (χ1) is 18.4. The van der Waals surface area contributed by atoms with Crippen LogP contribution < -0.4 is 15.5 Å². The van der Waals surface area contributed by atoms with Gasteiger partial charge in [-0.25, -0.2) is 0 Å². The van der Waals surface area contributed by atoms with Gasteiger partial charge in [0.25, 0.3) is 0 Å². The quantitative estimate of drug-likeness (QED) is 0.278. The Labute approximate surface area is 231 Å². The summed E-state index contributed by atoms with van der Waals surface area (Å²) in [4.78, 5) is 18.7. The molecule has 38 heavy (non-hydrogen) atoms. The second-order valence-electron chi connectivity index (χ2n) is 9.13. The van der Waals surface area contributed by atoms with Crippen molar-refractivity contribution in [2.24, 2.45) is 0 Å². The lowest BCUT2D eigenvalue weighted by Crippen LogP contribution is -2.29. The summed E-state index contributed by atoms with van der Waals surface area (Å²) in [6.07, 6.45) is 3.47. The number of furan rings is 1. The molecule has 4 aromatic rings. The maximum absolute atomic E-state index is 12.0. The van der Waals surface area contributed by atoms with E-state index in [-0.39, 0.29) is 24.6 Å². The van der Waals surface area contributed by atoms with Crippen molar-refractivity contribution in [2.75, 3.05) is 23.9 Å². The first-order valence-electron chi connectivity index (χ1n) is 12.2. The third kappa shape index (κ3) is 5.05. The normalized spacial score (nSPS) is 17.1. The summed E-state index contributed by atoms with van der Waals surface area (Å²) in [6.45, 7) is 4.78. The van der Waals surface area contributed by atoms with Crippen LogP contribution in [0.2, 0.25) is 5.02 Å². The molecule has 3 aromatic heterocycles. The molecule has 4 heterocycles. The zero-order valence-corrected chi connectivity index (χ0v) is 22.8. The molecule has 0 bridgehead atoms. The Balaban J connectivity index is 1.56. The Morgan fingerprint density at radius 1 is 1.21 bits per heavy atom. The van der Waals surface area contributed by atoms with Gasteiger partial charge in [0.05, 0.1) is 41.3 Å². The van der Waals surface area contributed by atoms with Crippen LogP contribution in [0.1, 0.15) is 40.5 Å². The molecule has 1 aliphatic heterocycles. The van der Waals surface area contributed by atoms with E-state index < -0.39 is 0 Å². The van der Waals surface area contributed by atoms with Crippen molar-refractivity contribution in [1.29, 1.82) is 0 Å². The fourth-order valence-corrected chi connectivity index (χ4v) is 5.52. The van der Waals surface area contributed by atoms with E-state index >= 15 is 0 Å². The molecular formula is C28H28ClN5O3S. The second-order valence-corrected chi connectivity index (χ2v) is 9.93. The summed E-state index contributed by atoms with van der Waals surface area (Å²) in [7, 11) is 1.47. The molecule has 196 valence electrons. The number of carbonyl (C=O) groups excluding carboxylic acids is 1. The number of aromatic nitrogens is 2. The van der Waals surface area contributed by atoms with Crippen molar-refractivity contribution in [1.82, 2.24) is 14.9 Å². The standard InChI is InChI=1S/C28H28ClN5O3S/c1-17-13-21(18(2)33(17)15-20-7-6-12-37-20)27-26(24-8-4-5-11-30-24)32-28(38)34(27)19-9-10-23(22(29)14-19)31-25(35)16-36-3/h4-14,26-27H,15-16H2,1-3H3,(H,31,35)(H,32,38)/t26-,27+/m0/s1. The van der Waals surface area contributed by atoms with Crippen molar-refractivity contribution in [3.63, 3.8) is 0 Å². The molecule has 1 saturated heterocycles. The summed E-state index contributed by atoms with van der Waals surface area (Å²) in [5, 5.41) is 7.23. The Morgan fingerprint density at radius 2 is 2.05 bits per heavy atom. The number of benzene rings is 1. The lowest BCUT2D eigenvalue weighted by atomic mass is 9.96. The van der Waals surface area contributed by atoms with Gasteiger partial charge in [-0.2, -0.15) is 0 Å².